The maximum absolute atomic E-state index is 11.3. The number of rotatable bonds is 2. The van der Waals surface area contributed by atoms with Gasteiger partial charge in [0.05, 0.1) is 13.5 Å². The predicted octanol–water partition coefficient (Wildman–Crippen LogP) is 3.04. The first-order chi connectivity index (χ1) is 8.78. The number of carbonyl (C=O) groups excluding carboxylic acids is 1. The molecule has 1 heterocycles. The number of esters is 1. The van der Waals surface area contributed by atoms with Crippen LogP contribution in [0.5, 0.6) is 0 Å². The number of hydrogen-bond acceptors (Lipinski definition) is 2. The summed E-state index contributed by atoms with van der Waals surface area (Å²) >= 11 is 0. The maximum Gasteiger partial charge on any atom is 0.309 e. The number of benzene rings is 2. The third-order valence-electron chi connectivity index (χ3n) is 3.15. The van der Waals surface area contributed by atoms with E-state index in [9.17, 15) is 4.79 Å². The van der Waals surface area contributed by atoms with E-state index < -0.39 is 0 Å². The first kappa shape index (κ1) is 10.8. The molecule has 0 amide bonds. The molecule has 3 rings (SSSR count). The van der Waals surface area contributed by atoms with Crippen LogP contribution in [0.15, 0.2) is 42.5 Å². The number of methoxy groups -OCH3 is 1. The van der Waals surface area contributed by atoms with Crippen molar-refractivity contribution >= 4 is 27.8 Å². The molecule has 0 atom stereocenters. The van der Waals surface area contributed by atoms with Crippen LogP contribution in [-0.4, -0.2) is 18.1 Å². The van der Waals surface area contributed by atoms with Crippen molar-refractivity contribution < 1.29 is 9.53 Å². The minimum absolute atomic E-state index is 0.214. The van der Waals surface area contributed by atoms with Gasteiger partial charge in [0, 0.05) is 21.8 Å². The molecule has 0 aliphatic carbocycles. The zero-order valence-corrected chi connectivity index (χ0v) is 10.1. The summed E-state index contributed by atoms with van der Waals surface area (Å²) in [7, 11) is 1.41. The van der Waals surface area contributed by atoms with Crippen LogP contribution in [0, 0.1) is 0 Å². The molecule has 0 fully saturated rings. The number of para-hydroxylation sites is 1. The maximum atomic E-state index is 11.3. The summed E-state index contributed by atoms with van der Waals surface area (Å²) in [5.41, 5.74) is 3.17. The van der Waals surface area contributed by atoms with Crippen LogP contribution in [0.25, 0.3) is 21.8 Å². The van der Waals surface area contributed by atoms with Gasteiger partial charge in [-0.3, -0.25) is 4.79 Å². The summed E-state index contributed by atoms with van der Waals surface area (Å²) in [4.78, 5) is 14.6. The second-order valence-corrected chi connectivity index (χ2v) is 4.30. The first-order valence-electron chi connectivity index (χ1n) is 5.84. The van der Waals surface area contributed by atoms with E-state index in [-0.39, 0.29) is 5.97 Å². The monoisotopic (exact) mass is 239 g/mol. The highest BCUT2D eigenvalue weighted by molar-refractivity contribution is 6.07. The van der Waals surface area contributed by atoms with Gasteiger partial charge in [-0.2, -0.15) is 0 Å². The quantitative estimate of drug-likeness (QED) is 0.698. The molecule has 1 N–H and O–H groups in total. The highest BCUT2D eigenvalue weighted by Crippen LogP contribution is 2.26. The Morgan fingerprint density at radius 1 is 1.11 bits per heavy atom. The Balaban J connectivity index is 2.15. The van der Waals surface area contributed by atoms with Gasteiger partial charge < -0.3 is 9.72 Å². The SMILES string of the molecule is COC(=O)Cc1ccc2[nH]c3ccccc3c2c1. The Kier molecular flexibility index (Phi) is 2.52. The molecule has 0 bridgehead atoms. The van der Waals surface area contributed by atoms with Crippen LogP contribution in [0.1, 0.15) is 5.56 Å². The van der Waals surface area contributed by atoms with Gasteiger partial charge in [0.15, 0.2) is 0 Å². The van der Waals surface area contributed by atoms with E-state index in [1.54, 1.807) is 0 Å². The molecule has 3 aromatic rings. The van der Waals surface area contributed by atoms with Gasteiger partial charge in [0.2, 0.25) is 0 Å². The third kappa shape index (κ3) is 1.74. The molecule has 0 unspecified atom stereocenters. The molecule has 2 aromatic carbocycles. The fourth-order valence-electron chi connectivity index (χ4n) is 2.24. The molecule has 1 aromatic heterocycles. The van der Waals surface area contributed by atoms with E-state index in [4.69, 9.17) is 0 Å². The Labute approximate surface area is 104 Å². The highest BCUT2D eigenvalue weighted by Gasteiger charge is 2.07. The second kappa shape index (κ2) is 4.18. The topological polar surface area (TPSA) is 42.1 Å². The number of aromatic amines is 1. The van der Waals surface area contributed by atoms with Gasteiger partial charge in [0.1, 0.15) is 0 Å². The van der Waals surface area contributed by atoms with Gasteiger partial charge in [-0.05, 0) is 23.8 Å². The van der Waals surface area contributed by atoms with Crippen LogP contribution in [0.2, 0.25) is 0 Å². The lowest BCUT2D eigenvalue weighted by Crippen LogP contribution is -2.03. The van der Waals surface area contributed by atoms with Crippen molar-refractivity contribution in [1.29, 1.82) is 0 Å². The van der Waals surface area contributed by atoms with Gasteiger partial charge in [0.25, 0.3) is 0 Å². The van der Waals surface area contributed by atoms with Gasteiger partial charge >= 0.3 is 5.97 Å². The minimum atomic E-state index is -0.214. The lowest BCUT2D eigenvalue weighted by atomic mass is 10.1. The van der Waals surface area contributed by atoms with Crippen LogP contribution >= 0.6 is 0 Å². The molecule has 0 spiro atoms. The van der Waals surface area contributed by atoms with Crippen LogP contribution < -0.4 is 0 Å². The molecular weight excluding hydrogens is 226 g/mol. The summed E-state index contributed by atoms with van der Waals surface area (Å²) < 4.78 is 4.69. The smallest absolute Gasteiger partial charge is 0.309 e. The van der Waals surface area contributed by atoms with Crippen molar-refractivity contribution in [2.75, 3.05) is 7.11 Å². The summed E-state index contributed by atoms with van der Waals surface area (Å²) in [5.74, 6) is -0.214. The number of aromatic nitrogens is 1. The van der Waals surface area contributed by atoms with Gasteiger partial charge in [-0.15, -0.1) is 0 Å². The summed E-state index contributed by atoms with van der Waals surface area (Å²) in [6.07, 6.45) is 0.311. The molecule has 0 radical (unpaired) electrons. The number of ether oxygens (including phenoxy) is 1. The minimum Gasteiger partial charge on any atom is -0.469 e. The molecule has 90 valence electrons. The van der Waals surface area contributed by atoms with Gasteiger partial charge in [-0.1, -0.05) is 24.3 Å². The molecule has 0 saturated carbocycles. The Bertz CT molecular complexity index is 728. The van der Waals surface area contributed by atoms with Crippen molar-refractivity contribution in [2.24, 2.45) is 0 Å². The molecule has 3 nitrogen and oxygen atoms in total. The lowest BCUT2D eigenvalue weighted by Gasteiger charge is -2.00. The molecule has 0 aliphatic heterocycles. The van der Waals surface area contributed by atoms with Crippen molar-refractivity contribution in [2.45, 2.75) is 6.42 Å². The van der Waals surface area contributed by atoms with Crippen LogP contribution in [0.3, 0.4) is 0 Å². The summed E-state index contributed by atoms with van der Waals surface area (Å²) in [6.45, 7) is 0. The number of carbonyl (C=O) groups is 1. The van der Waals surface area contributed by atoms with Crippen molar-refractivity contribution in [3.05, 3.63) is 48.0 Å². The third-order valence-corrected chi connectivity index (χ3v) is 3.15. The van der Waals surface area contributed by atoms with Crippen molar-refractivity contribution in [3.63, 3.8) is 0 Å². The predicted molar refractivity (Wildman–Crippen MR) is 71.5 cm³/mol. The second-order valence-electron chi connectivity index (χ2n) is 4.30. The number of hydrogen-bond donors (Lipinski definition) is 1. The number of nitrogens with one attached hydrogen (secondary N) is 1. The van der Waals surface area contributed by atoms with Crippen molar-refractivity contribution in [3.8, 4) is 0 Å². The zero-order valence-electron chi connectivity index (χ0n) is 10.1. The first-order valence-corrected chi connectivity index (χ1v) is 5.84. The fraction of sp³-hybridized carbons (Fsp3) is 0.133. The highest BCUT2D eigenvalue weighted by atomic mass is 16.5. The molecular formula is C15H13NO2. The van der Waals surface area contributed by atoms with E-state index in [0.717, 1.165) is 22.0 Å². The summed E-state index contributed by atoms with van der Waals surface area (Å²) in [6, 6.07) is 14.2. The Hall–Kier alpha value is -2.29. The summed E-state index contributed by atoms with van der Waals surface area (Å²) in [5, 5.41) is 2.33. The van der Waals surface area contributed by atoms with Crippen LogP contribution in [-0.2, 0) is 16.0 Å². The standard InChI is InChI=1S/C15H13NO2/c1-18-15(17)9-10-6-7-14-12(8-10)11-4-2-3-5-13(11)16-14/h2-8,16H,9H2,1H3. The number of H-pyrrole nitrogens is 1. The molecule has 18 heavy (non-hydrogen) atoms. The molecule has 0 saturated heterocycles. The molecule has 3 heteroatoms. The Morgan fingerprint density at radius 3 is 2.72 bits per heavy atom. The molecule has 0 aliphatic rings. The van der Waals surface area contributed by atoms with Crippen LogP contribution in [0.4, 0.5) is 0 Å². The average molecular weight is 239 g/mol. The van der Waals surface area contributed by atoms with E-state index in [1.807, 2.05) is 30.3 Å². The van der Waals surface area contributed by atoms with E-state index in [0.29, 0.717) is 6.42 Å². The Morgan fingerprint density at radius 2 is 1.89 bits per heavy atom. The largest absolute Gasteiger partial charge is 0.469 e. The van der Waals surface area contributed by atoms with E-state index in [2.05, 4.69) is 21.9 Å². The van der Waals surface area contributed by atoms with Gasteiger partial charge in [-0.25, -0.2) is 0 Å². The number of fused-ring (bicyclic) bond motifs is 3. The lowest BCUT2D eigenvalue weighted by molar-refractivity contribution is -0.139. The average Bonchev–Trinajstić information content (AvgIpc) is 2.77. The van der Waals surface area contributed by atoms with E-state index >= 15 is 0 Å². The fourth-order valence-corrected chi connectivity index (χ4v) is 2.24. The van der Waals surface area contributed by atoms with Crippen molar-refractivity contribution in [1.82, 2.24) is 4.98 Å². The van der Waals surface area contributed by atoms with E-state index in [1.165, 1.54) is 12.5 Å². The normalized spacial score (nSPS) is 10.9. The zero-order chi connectivity index (χ0) is 12.5.